The number of hydrogen-bond donors (Lipinski definition) is 2. The Kier molecular flexibility index (Phi) is 8.34. The number of rotatable bonds is 7. The third-order valence-electron chi connectivity index (χ3n) is 4.47. The topological polar surface area (TPSA) is 67.5 Å². The van der Waals surface area contributed by atoms with Crippen molar-refractivity contribution in [2.75, 3.05) is 11.9 Å². The van der Waals surface area contributed by atoms with Gasteiger partial charge in [0.25, 0.3) is 0 Å². The fourth-order valence-electron chi connectivity index (χ4n) is 3.02. The number of benzene rings is 2. The molecule has 0 fully saturated rings. The maximum absolute atomic E-state index is 13.9. The van der Waals surface area contributed by atoms with Crippen molar-refractivity contribution in [2.45, 2.75) is 33.6 Å². The highest BCUT2D eigenvalue weighted by atomic mass is 19.1. The quantitative estimate of drug-likeness (QED) is 0.497. The molecule has 0 saturated carbocycles. The van der Waals surface area contributed by atoms with Crippen LogP contribution < -0.4 is 11.1 Å². The summed E-state index contributed by atoms with van der Waals surface area (Å²) in [6.45, 7) is 6.80. The Morgan fingerprint density at radius 1 is 1.14 bits per heavy atom. The number of carbonyl (C=O) groups excluding carboxylic acids is 1. The Balaban J connectivity index is 0.00000145. The number of anilines is 1. The minimum absolute atomic E-state index is 0.0227. The molecule has 5 heteroatoms. The van der Waals surface area contributed by atoms with Crippen LogP contribution in [0, 0.1) is 5.82 Å². The average Bonchev–Trinajstić information content (AvgIpc) is 3.13. The molecular formula is C24H28FN3O. The molecule has 152 valence electrons. The van der Waals surface area contributed by atoms with Crippen LogP contribution in [0.1, 0.15) is 43.1 Å². The zero-order chi connectivity index (χ0) is 21.2. The summed E-state index contributed by atoms with van der Waals surface area (Å²) in [4.78, 5) is 16.7. The molecule has 0 saturated heterocycles. The lowest BCUT2D eigenvalue weighted by atomic mass is 9.97. The fraction of sp³-hybridized carbons (Fsp3) is 0.250. The minimum atomic E-state index is -0.550. The molecule has 0 radical (unpaired) electrons. The number of nitrogens with zero attached hydrogens (tertiary/aromatic N) is 1. The van der Waals surface area contributed by atoms with Crippen LogP contribution in [0.15, 0.2) is 76.9 Å². The van der Waals surface area contributed by atoms with Gasteiger partial charge in [-0.3, -0.25) is 4.79 Å². The summed E-state index contributed by atoms with van der Waals surface area (Å²) < 4.78 is 13.9. The zero-order valence-electron chi connectivity index (χ0n) is 17.2. The van der Waals surface area contributed by atoms with E-state index >= 15 is 0 Å². The number of para-hydroxylation sites is 1. The van der Waals surface area contributed by atoms with E-state index in [9.17, 15) is 9.18 Å². The first-order valence-corrected chi connectivity index (χ1v) is 9.97. The van der Waals surface area contributed by atoms with Crippen molar-refractivity contribution in [1.29, 1.82) is 0 Å². The second kappa shape index (κ2) is 11.0. The standard InChI is InChI=1S/C22H22FN3O.C2H6/c1-2-15-8-3-6-12-20(15)25-13-7-10-16-18(14-26-22(16)24)21(27)17-9-4-5-11-19(17)23;1-2/h3-6,8-12,14,25H,2,7,13H2,1H3,(H2,24,26);1-2H3/b16-10-;. The van der Waals surface area contributed by atoms with Gasteiger partial charge in [-0.05, 0) is 36.6 Å². The van der Waals surface area contributed by atoms with E-state index < -0.39 is 11.6 Å². The number of Topliss-reactive ketones (excluding diaryl/α,β-unsaturated/α-hetero) is 1. The predicted octanol–water partition coefficient (Wildman–Crippen LogP) is 5.28. The molecule has 0 spiro atoms. The number of nitrogens with one attached hydrogen (secondary N) is 1. The average molecular weight is 394 g/mol. The van der Waals surface area contributed by atoms with Crippen molar-refractivity contribution in [3.63, 3.8) is 0 Å². The largest absolute Gasteiger partial charge is 0.385 e. The van der Waals surface area contributed by atoms with Gasteiger partial charge in [0.1, 0.15) is 11.7 Å². The van der Waals surface area contributed by atoms with Crippen molar-refractivity contribution >= 4 is 17.3 Å². The fourth-order valence-corrected chi connectivity index (χ4v) is 3.02. The summed E-state index contributed by atoms with van der Waals surface area (Å²) in [5, 5.41) is 3.40. The van der Waals surface area contributed by atoms with Gasteiger partial charge in [-0.15, -0.1) is 0 Å². The molecule has 0 atom stereocenters. The monoisotopic (exact) mass is 393 g/mol. The lowest BCUT2D eigenvalue weighted by molar-refractivity contribution is 0.103. The number of aryl methyl sites for hydroxylation is 1. The molecule has 3 rings (SSSR count). The summed E-state index contributed by atoms with van der Waals surface area (Å²) in [7, 11) is 0. The Morgan fingerprint density at radius 2 is 1.83 bits per heavy atom. The Hall–Kier alpha value is -3.21. The van der Waals surface area contributed by atoms with Crippen molar-refractivity contribution in [2.24, 2.45) is 10.7 Å². The van der Waals surface area contributed by atoms with Crippen LogP contribution in [0.25, 0.3) is 0 Å². The van der Waals surface area contributed by atoms with Gasteiger partial charge in [0.05, 0.1) is 11.1 Å². The van der Waals surface area contributed by atoms with E-state index in [-0.39, 0.29) is 11.4 Å². The first-order valence-electron chi connectivity index (χ1n) is 9.97. The van der Waals surface area contributed by atoms with Gasteiger partial charge >= 0.3 is 0 Å². The first-order chi connectivity index (χ1) is 14.1. The normalized spacial score (nSPS) is 14.0. The van der Waals surface area contributed by atoms with Crippen molar-refractivity contribution in [3.05, 3.63) is 88.9 Å². The summed E-state index contributed by atoms with van der Waals surface area (Å²) in [6, 6.07) is 14.1. The van der Waals surface area contributed by atoms with Gasteiger partial charge in [0.2, 0.25) is 0 Å². The van der Waals surface area contributed by atoms with E-state index in [0.29, 0.717) is 24.1 Å². The lowest BCUT2D eigenvalue weighted by Gasteiger charge is -2.10. The Bertz CT molecular complexity index is 945. The molecular weight excluding hydrogens is 365 g/mol. The minimum Gasteiger partial charge on any atom is -0.385 e. The van der Waals surface area contributed by atoms with Crippen LogP contribution >= 0.6 is 0 Å². The van der Waals surface area contributed by atoms with Crippen molar-refractivity contribution < 1.29 is 9.18 Å². The molecule has 0 aromatic heterocycles. The van der Waals surface area contributed by atoms with Gasteiger partial charge in [-0.1, -0.05) is 57.2 Å². The third-order valence-corrected chi connectivity index (χ3v) is 4.47. The lowest BCUT2D eigenvalue weighted by Crippen LogP contribution is -2.17. The summed E-state index contributed by atoms with van der Waals surface area (Å²) in [5.74, 6) is -0.678. The predicted molar refractivity (Wildman–Crippen MR) is 119 cm³/mol. The summed E-state index contributed by atoms with van der Waals surface area (Å²) >= 11 is 0. The number of amidine groups is 1. The highest BCUT2D eigenvalue weighted by Crippen LogP contribution is 2.24. The first kappa shape index (κ1) is 22.1. The molecule has 0 unspecified atom stereocenters. The van der Waals surface area contributed by atoms with Crippen LogP contribution in [0.3, 0.4) is 0 Å². The van der Waals surface area contributed by atoms with E-state index in [2.05, 4.69) is 23.3 Å². The van der Waals surface area contributed by atoms with Crippen LogP contribution in [0.5, 0.6) is 0 Å². The Labute approximate surface area is 172 Å². The summed E-state index contributed by atoms with van der Waals surface area (Å²) in [6.07, 6.45) is 4.90. The molecule has 2 aromatic rings. The number of carbonyl (C=O) groups is 1. The molecule has 2 aromatic carbocycles. The van der Waals surface area contributed by atoms with E-state index in [4.69, 9.17) is 5.73 Å². The molecule has 0 amide bonds. The number of aliphatic imine (C=N–C) groups is 1. The molecule has 0 bridgehead atoms. The van der Waals surface area contributed by atoms with Crippen molar-refractivity contribution in [1.82, 2.24) is 0 Å². The molecule has 1 heterocycles. The maximum atomic E-state index is 13.9. The SMILES string of the molecule is CC.CCc1ccccc1NCC/C=C1/C(C(=O)c2ccccc2F)=CN=C1N. The number of halogens is 1. The number of ketones is 1. The maximum Gasteiger partial charge on any atom is 0.198 e. The van der Waals surface area contributed by atoms with Crippen LogP contribution in [-0.4, -0.2) is 18.2 Å². The molecule has 3 N–H and O–H groups in total. The molecule has 29 heavy (non-hydrogen) atoms. The molecule has 0 aliphatic carbocycles. The number of nitrogens with two attached hydrogens (primary N) is 1. The van der Waals surface area contributed by atoms with Gasteiger partial charge in [0, 0.05) is 24.0 Å². The van der Waals surface area contributed by atoms with Crippen LogP contribution in [0.4, 0.5) is 10.1 Å². The zero-order valence-corrected chi connectivity index (χ0v) is 17.2. The second-order valence-corrected chi connectivity index (χ2v) is 6.21. The highest BCUT2D eigenvalue weighted by Gasteiger charge is 2.24. The number of hydrogen-bond acceptors (Lipinski definition) is 4. The van der Waals surface area contributed by atoms with Crippen molar-refractivity contribution in [3.8, 4) is 0 Å². The van der Waals surface area contributed by atoms with Crippen LogP contribution in [-0.2, 0) is 6.42 Å². The van der Waals surface area contributed by atoms with Gasteiger partial charge in [-0.25, -0.2) is 9.38 Å². The Morgan fingerprint density at radius 3 is 2.55 bits per heavy atom. The van der Waals surface area contributed by atoms with E-state index in [1.54, 1.807) is 12.1 Å². The van der Waals surface area contributed by atoms with E-state index in [1.807, 2.05) is 38.1 Å². The molecule has 4 nitrogen and oxygen atoms in total. The second-order valence-electron chi connectivity index (χ2n) is 6.21. The van der Waals surface area contributed by atoms with Gasteiger partial charge in [-0.2, -0.15) is 0 Å². The van der Waals surface area contributed by atoms with E-state index in [0.717, 1.165) is 12.1 Å². The highest BCUT2D eigenvalue weighted by molar-refractivity contribution is 6.21. The smallest absolute Gasteiger partial charge is 0.198 e. The van der Waals surface area contributed by atoms with Gasteiger partial charge < -0.3 is 11.1 Å². The van der Waals surface area contributed by atoms with Crippen LogP contribution in [0.2, 0.25) is 0 Å². The summed E-state index contributed by atoms with van der Waals surface area (Å²) in [5.41, 5.74) is 9.19. The van der Waals surface area contributed by atoms with Gasteiger partial charge in [0.15, 0.2) is 5.78 Å². The molecule has 1 aliphatic heterocycles. The third kappa shape index (κ3) is 5.41. The molecule has 1 aliphatic rings. The van der Waals surface area contributed by atoms with E-state index in [1.165, 1.54) is 23.9 Å².